The Balaban J connectivity index is 1.60. The summed E-state index contributed by atoms with van der Waals surface area (Å²) in [5.41, 5.74) is 3.37. The molecule has 1 fully saturated rings. The highest BCUT2D eigenvalue weighted by Gasteiger charge is 2.19. The van der Waals surface area contributed by atoms with Gasteiger partial charge in [0.1, 0.15) is 0 Å². The third kappa shape index (κ3) is 3.17. The van der Waals surface area contributed by atoms with Gasteiger partial charge < -0.3 is 14.8 Å². The van der Waals surface area contributed by atoms with Crippen molar-refractivity contribution in [1.82, 2.24) is 14.8 Å². The third-order valence-corrected chi connectivity index (χ3v) is 5.96. The number of aromatic nitrogens is 1. The summed E-state index contributed by atoms with van der Waals surface area (Å²) in [6.07, 6.45) is 7.04. The van der Waals surface area contributed by atoms with E-state index in [-0.39, 0.29) is 5.56 Å². The van der Waals surface area contributed by atoms with Crippen LogP contribution in [0.1, 0.15) is 43.2 Å². The predicted molar refractivity (Wildman–Crippen MR) is 106 cm³/mol. The topological polar surface area (TPSA) is 37.3 Å². The summed E-state index contributed by atoms with van der Waals surface area (Å²) in [6.45, 7) is 1.37. The number of rotatable bonds is 3. The summed E-state index contributed by atoms with van der Waals surface area (Å²) in [4.78, 5) is 15.0. The fraction of sp³-hybridized carbons (Fsp3) is 0.500. The van der Waals surface area contributed by atoms with Gasteiger partial charge in [-0.3, -0.25) is 4.79 Å². The first-order chi connectivity index (χ1) is 12.1. The number of pyridine rings is 1. The van der Waals surface area contributed by atoms with Gasteiger partial charge in [-0.25, -0.2) is 0 Å². The van der Waals surface area contributed by atoms with Gasteiger partial charge in [-0.1, -0.05) is 31.0 Å². The van der Waals surface area contributed by atoms with E-state index in [0.717, 1.165) is 41.0 Å². The molecule has 132 valence electrons. The SMILES string of the molecule is CN(Cc1cc2cccc3c2n(c1=O)CCC3)C(=S)NC1CCCC1. The highest BCUT2D eigenvalue weighted by atomic mass is 32.1. The van der Waals surface area contributed by atoms with Crippen LogP contribution in [-0.4, -0.2) is 27.7 Å². The molecule has 2 aliphatic rings. The Labute approximate surface area is 153 Å². The number of aryl methyl sites for hydroxylation is 2. The van der Waals surface area contributed by atoms with E-state index in [1.54, 1.807) is 0 Å². The zero-order valence-electron chi connectivity index (χ0n) is 14.8. The van der Waals surface area contributed by atoms with Crippen LogP contribution in [0.3, 0.4) is 0 Å². The lowest BCUT2D eigenvalue weighted by Gasteiger charge is -2.25. The highest BCUT2D eigenvalue weighted by Crippen LogP contribution is 2.24. The summed E-state index contributed by atoms with van der Waals surface area (Å²) in [6, 6.07) is 8.90. The zero-order chi connectivity index (χ0) is 17.4. The van der Waals surface area contributed by atoms with Crippen LogP contribution in [0.2, 0.25) is 0 Å². The minimum Gasteiger partial charge on any atom is -0.360 e. The third-order valence-electron chi connectivity index (χ3n) is 5.54. The van der Waals surface area contributed by atoms with E-state index >= 15 is 0 Å². The second-order valence-corrected chi connectivity index (χ2v) is 7.76. The van der Waals surface area contributed by atoms with Crippen LogP contribution in [0.25, 0.3) is 10.9 Å². The summed E-state index contributed by atoms with van der Waals surface area (Å²) < 4.78 is 1.96. The number of nitrogens with one attached hydrogen (secondary N) is 1. The first-order valence-corrected chi connectivity index (χ1v) is 9.70. The van der Waals surface area contributed by atoms with Gasteiger partial charge >= 0.3 is 0 Å². The fourth-order valence-electron chi connectivity index (χ4n) is 4.22. The van der Waals surface area contributed by atoms with Crippen molar-refractivity contribution >= 4 is 28.2 Å². The molecule has 2 heterocycles. The van der Waals surface area contributed by atoms with Crippen LogP contribution in [0.15, 0.2) is 29.1 Å². The summed E-state index contributed by atoms with van der Waals surface area (Å²) >= 11 is 5.55. The Morgan fingerprint density at radius 2 is 2.12 bits per heavy atom. The monoisotopic (exact) mass is 355 g/mol. The maximum absolute atomic E-state index is 13.0. The minimum absolute atomic E-state index is 0.134. The normalized spacial score (nSPS) is 17.0. The van der Waals surface area contributed by atoms with E-state index in [1.165, 1.54) is 31.2 Å². The quantitative estimate of drug-likeness (QED) is 0.858. The Morgan fingerprint density at radius 1 is 1.32 bits per heavy atom. The molecular weight excluding hydrogens is 330 g/mol. The van der Waals surface area contributed by atoms with Gasteiger partial charge in [0, 0.05) is 25.2 Å². The summed E-state index contributed by atoms with van der Waals surface area (Å²) in [7, 11) is 1.97. The largest absolute Gasteiger partial charge is 0.360 e. The van der Waals surface area contributed by atoms with Crippen molar-refractivity contribution in [3.05, 3.63) is 45.7 Å². The van der Waals surface area contributed by atoms with Crippen LogP contribution in [0.4, 0.5) is 0 Å². The van der Waals surface area contributed by atoms with Gasteiger partial charge in [0.2, 0.25) is 0 Å². The molecule has 0 radical (unpaired) electrons. The molecule has 4 nitrogen and oxygen atoms in total. The lowest BCUT2D eigenvalue weighted by molar-refractivity contribution is 0.466. The van der Waals surface area contributed by atoms with E-state index in [4.69, 9.17) is 12.2 Å². The van der Waals surface area contributed by atoms with Crippen molar-refractivity contribution < 1.29 is 0 Å². The van der Waals surface area contributed by atoms with Gasteiger partial charge in [-0.15, -0.1) is 0 Å². The predicted octanol–water partition coefficient (Wildman–Crippen LogP) is 3.20. The van der Waals surface area contributed by atoms with Gasteiger partial charge in [0.15, 0.2) is 5.11 Å². The van der Waals surface area contributed by atoms with E-state index < -0.39 is 0 Å². The molecule has 1 aliphatic heterocycles. The molecule has 1 saturated carbocycles. The van der Waals surface area contributed by atoms with Gasteiger partial charge in [0.25, 0.3) is 5.56 Å². The number of para-hydroxylation sites is 1. The smallest absolute Gasteiger partial charge is 0.256 e. The number of thiocarbonyl (C=S) groups is 1. The lowest BCUT2D eigenvalue weighted by Crippen LogP contribution is -2.42. The van der Waals surface area contributed by atoms with Crippen molar-refractivity contribution in [3.63, 3.8) is 0 Å². The molecule has 0 bridgehead atoms. The number of hydrogen-bond donors (Lipinski definition) is 1. The van der Waals surface area contributed by atoms with Crippen molar-refractivity contribution in [2.24, 2.45) is 0 Å². The van der Waals surface area contributed by atoms with Crippen LogP contribution < -0.4 is 10.9 Å². The Morgan fingerprint density at radius 3 is 2.92 bits per heavy atom. The highest BCUT2D eigenvalue weighted by molar-refractivity contribution is 7.80. The molecule has 4 rings (SSSR count). The summed E-state index contributed by atoms with van der Waals surface area (Å²) in [5.74, 6) is 0. The number of hydrogen-bond acceptors (Lipinski definition) is 2. The lowest BCUT2D eigenvalue weighted by atomic mass is 10.00. The first kappa shape index (κ1) is 16.6. The van der Waals surface area contributed by atoms with Crippen molar-refractivity contribution in [2.75, 3.05) is 7.05 Å². The van der Waals surface area contributed by atoms with E-state index in [0.29, 0.717) is 12.6 Å². The Kier molecular flexibility index (Phi) is 4.50. The molecule has 0 amide bonds. The molecule has 2 aromatic rings. The van der Waals surface area contributed by atoms with E-state index in [2.05, 4.69) is 29.6 Å². The van der Waals surface area contributed by atoms with E-state index in [1.807, 2.05) is 16.5 Å². The maximum atomic E-state index is 13.0. The summed E-state index contributed by atoms with van der Waals surface area (Å²) in [5, 5.41) is 5.36. The van der Waals surface area contributed by atoms with E-state index in [9.17, 15) is 4.79 Å². The minimum atomic E-state index is 0.134. The number of benzene rings is 1. The van der Waals surface area contributed by atoms with Crippen LogP contribution in [-0.2, 0) is 19.5 Å². The molecule has 1 N–H and O–H groups in total. The van der Waals surface area contributed by atoms with Gasteiger partial charge in [-0.2, -0.15) is 0 Å². The van der Waals surface area contributed by atoms with Crippen LogP contribution in [0, 0.1) is 0 Å². The zero-order valence-corrected chi connectivity index (χ0v) is 15.6. The molecular formula is C20H25N3OS. The average molecular weight is 356 g/mol. The molecule has 0 atom stereocenters. The molecule has 25 heavy (non-hydrogen) atoms. The van der Waals surface area contributed by atoms with Crippen LogP contribution in [0.5, 0.6) is 0 Å². The van der Waals surface area contributed by atoms with Crippen LogP contribution >= 0.6 is 12.2 Å². The van der Waals surface area contributed by atoms with Gasteiger partial charge in [-0.05, 0) is 54.9 Å². The molecule has 1 aliphatic carbocycles. The van der Waals surface area contributed by atoms with Gasteiger partial charge in [0.05, 0.1) is 12.1 Å². The molecule has 0 saturated heterocycles. The number of nitrogens with zero attached hydrogens (tertiary/aromatic N) is 2. The van der Waals surface area contributed by atoms with Crippen molar-refractivity contribution in [2.45, 2.75) is 57.7 Å². The molecule has 0 spiro atoms. The standard InChI is InChI=1S/C20H25N3OS/c1-22(20(25)21-17-9-2-3-10-17)13-16-12-15-7-4-6-14-8-5-11-23(18(14)15)19(16)24/h4,6-7,12,17H,2-3,5,8-11,13H2,1H3,(H,21,25). The maximum Gasteiger partial charge on any atom is 0.256 e. The Hall–Kier alpha value is -1.88. The fourth-order valence-corrected chi connectivity index (χ4v) is 4.45. The molecule has 1 aromatic heterocycles. The van der Waals surface area contributed by atoms with Crippen molar-refractivity contribution in [1.29, 1.82) is 0 Å². The Bertz CT molecular complexity index is 867. The van der Waals surface area contributed by atoms with Crippen molar-refractivity contribution in [3.8, 4) is 0 Å². The molecule has 5 heteroatoms. The second kappa shape index (κ2) is 6.79. The second-order valence-electron chi connectivity index (χ2n) is 7.37. The first-order valence-electron chi connectivity index (χ1n) is 9.29. The molecule has 0 unspecified atom stereocenters. The molecule has 1 aromatic carbocycles. The average Bonchev–Trinajstić information content (AvgIpc) is 3.12.